The van der Waals surface area contributed by atoms with Gasteiger partial charge < -0.3 is 19.7 Å². The van der Waals surface area contributed by atoms with Crippen molar-refractivity contribution in [2.45, 2.75) is 13.5 Å². The summed E-state index contributed by atoms with van der Waals surface area (Å²) in [6.45, 7) is 0.753. The van der Waals surface area contributed by atoms with Gasteiger partial charge in [-0.05, 0) is 48.4 Å². The van der Waals surface area contributed by atoms with E-state index in [0.717, 1.165) is 5.56 Å². The van der Waals surface area contributed by atoms with Crippen LogP contribution in [0.3, 0.4) is 0 Å². The number of rotatable bonds is 10. The predicted molar refractivity (Wildman–Crippen MR) is 106 cm³/mol. The Morgan fingerprint density at radius 1 is 0.967 bits per heavy atom. The Labute approximate surface area is 172 Å². The van der Waals surface area contributed by atoms with Crippen LogP contribution >= 0.6 is 0 Å². The van der Waals surface area contributed by atoms with Gasteiger partial charge in [-0.2, -0.15) is 0 Å². The van der Waals surface area contributed by atoms with Crippen LogP contribution in [0.4, 0.5) is 0 Å². The van der Waals surface area contributed by atoms with E-state index in [9.17, 15) is 19.2 Å². The van der Waals surface area contributed by atoms with Crippen LogP contribution in [-0.4, -0.2) is 40.5 Å². The molecule has 0 amide bonds. The molecule has 0 aliphatic carbocycles. The van der Waals surface area contributed by atoms with E-state index >= 15 is 0 Å². The summed E-state index contributed by atoms with van der Waals surface area (Å²) in [5, 5.41) is 17.3. The van der Waals surface area contributed by atoms with Crippen LogP contribution in [0.25, 0.3) is 6.08 Å². The molecule has 8 heteroatoms. The van der Waals surface area contributed by atoms with Crippen molar-refractivity contribution in [2.24, 2.45) is 5.92 Å². The lowest BCUT2D eigenvalue weighted by atomic mass is 10.1. The van der Waals surface area contributed by atoms with Gasteiger partial charge in [0.25, 0.3) is 0 Å². The van der Waals surface area contributed by atoms with E-state index in [1.165, 1.54) is 25.1 Å². The number of carboxylic acid groups (broad SMARTS) is 2. The first-order chi connectivity index (χ1) is 14.3. The summed E-state index contributed by atoms with van der Waals surface area (Å²) in [5.41, 5.74) is 1.85. The van der Waals surface area contributed by atoms with Crippen molar-refractivity contribution in [3.05, 3.63) is 71.3 Å². The summed E-state index contributed by atoms with van der Waals surface area (Å²) in [7, 11) is 0. The number of carbonyl (C=O) groups excluding carboxylic acids is 2. The van der Waals surface area contributed by atoms with Gasteiger partial charge in [-0.15, -0.1) is 0 Å². The van der Waals surface area contributed by atoms with Crippen molar-refractivity contribution < 1.29 is 38.9 Å². The van der Waals surface area contributed by atoms with Gasteiger partial charge in [0.15, 0.2) is 18.3 Å². The molecule has 0 fully saturated rings. The first-order valence-electron chi connectivity index (χ1n) is 8.91. The zero-order valence-electron chi connectivity index (χ0n) is 16.1. The van der Waals surface area contributed by atoms with Gasteiger partial charge in [-0.3, -0.25) is 14.4 Å². The molecular formula is C22H20O8. The van der Waals surface area contributed by atoms with E-state index in [1.807, 2.05) is 0 Å². The Balaban J connectivity index is 1.90. The summed E-state index contributed by atoms with van der Waals surface area (Å²) in [4.78, 5) is 45.0. The molecule has 0 heterocycles. The number of esters is 1. The number of ether oxygens (including phenoxy) is 2. The molecule has 0 spiro atoms. The molecule has 2 aromatic rings. The fourth-order valence-corrected chi connectivity index (χ4v) is 2.23. The molecule has 0 bridgehead atoms. The molecule has 2 rings (SSSR count). The molecule has 1 unspecified atom stereocenters. The molecule has 0 saturated carbocycles. The number of carboxylic acids is 2. The second kappa shape index (κ2) is 10.6. The summed E-state index contributed by atoms with van der Waals surface area (Å²) in [6.07, 6.45) is 3.02. The second-order valence-corrected chi connectivity index (χ2v) is 6.31. The minimum atomic E-state index is -1.24. The molecule has 1 atom stereocenters. The maximum atomic E-state index is 12.2. The molecule has 30 heavy (non-hydrogen) atoms. The van der Waals surface area contributed by atoms with Gasteiger partial charge in [-0.25, -0.2) is 4.79 Å². The van der Waals surface area contributed by atoms with Crippen molar-refractivity contribution in [3.63, 3.8) is 0 Å². The lowest BCUT2D eigenvalue weighted by Crippen LogP contribution is -2.22. The largest absolute Gasteiger partial charge is 0.482 e. The van der Waals surface area contributed by atoms with E-state index < -0.39 is 30.4 Å². The number of hydrogen-bond acceptors (Lipinski definition) is 6. The van der Waals surface area contributed by atoms with Gasteiger partial charge >= 0.3 is 17.9 Å². The Kier molecular flexibility index (Phi) is 7.87. The lowest BCUT2D eigenvalue weighted by molar-refractivity contribution is -0.158. The van der Waals surface area contributed by atoms with Gasteiger partial charge in [0.2, 0.25) is 0 Å². The number of allylic oxidation sites excluding steroid dienone is 1. The normalized spacial score (nSPS) is 11.6. The van der Waals surface area contributed by atoms with Crippen LogP contribution in [-0.2, 0) is 25.7 Å². The number of hydrogen-bond donors (Lipinski definition) is 2. The van der Waals surface area contributed by atoms with Crippen LogP contribution in [0.15, 0.2) is 54.6 Å². The van der Waals surface area contributed by atoms with Crippen molar-refractivity contribution in [3.8, 4) is 5.75 Å². The average Bonchev–Trinajstić information content (AvgIpc) is 2.74. The highest BCUT2D eigenvalue weighted by Crippen LogP contribution is 2.14. The molecule has 0 saturated heterocycles. The van der Waals surface area contributed by atoms with Crippen molar-refractivity contribution in [2.75, 3.05) is 6.61 Å². The van der Waals surface area contributed by atoms with Gasteiger partial charge in [-0.1, -0.05) is 30.3 Å². The summed E-state index contributed by atoms with van der Waals surface area (Å²) >= 11 is 0. The fourth-order valence-electron chi connectivity index (χ4n) is 2.23. The molecule has 0 aliphatic rings. The molecule has 0 aromatic heterocycles. The monoisotopic (exact) mass is 412 g/mol. The van der Waals surface area contributed by atoms with Crippen molar-refractivity contribution in [1.82, 2.24) is 0 Å². The minimum Gasteiger partial charge on any atom is -0.482 e. The molecule has 0 radical (unpaired) electrons. The SMILES string of the molecule is CC(C(=O)O)C(=O)OCc1ccc(/C=C/C(=O)c2ccc(OCC(=O)O)cc2)cc1. The van der Waals surface area contributed by atoms with Crippen LogP contribution in [0.5, 0.6) is 5.75 Å². The third-order valence-corrected chi connectivity index (χ3v) is 4.01. The van der Waals surface area contributed by atoms with E-state index in [0.29, 0.717) is 16.9 Å². The quantitative estimate of drug-likeness (QED) is 0.264. The number of carbonyl (C=O) groups is 4. The first kappa shape index (κ1) is 22.4. The van der Waals surface area contributed by atoms with E-state index in [2.05, 4.69) is 0 Å². The molecule has 2 N–H and O–H groups in total. The van der Waals surface area contributed by atoms with Crippen LogP contribution < -0.4 is 4.74 Å². The smallest absolute Gasteiger partial charge is 0.341 e. The van der Waals surface area contributed by atoms with E-state index in [-0.39, 0.29) is 12.4 Å². The van der Waals surface area contributed by atoms with E-state index in [4.69, 9.17) is 19.7 Å². The summed E-state index contributed by atoms with van der Waals surface area (Å²) in [5.74, 6) is -4.25. The summed E-state index contributed by atoms with van der Waals surface area (Å²) in [6, 6.07) is 13.0. The topological polar surface area (TPSA) is 127 Å². The Hall–Kier alpha value is -3.94. The summed E-state index contributed by atoms with van der Waals surface area (Å²) < 4.78 is 9.97. The molecule has 0 aliphatic heterocycles. The molecule has 156 valence electrons. The zero-order chi connectivity index (χ0) is 22.1. The molecule has 2 aromatic carbocycles. The number of benzene rings is 2. The Morgan fingerprint density at radius 3 is 2.17 bits per heavy atom. The van der Waals surface area contributed by atoms with Crippen LogP contribution in [0.1, 0.15) is 28.4 Å². The standard InChI is InChI=1S/C22H20O8/c1-14(21(26)27)22(28)30-12-16-4-2-15(3-5-16)6-11-19(23)17-7-9-18(10-8-17)29-13-20(24)25/h2-11,14H,12-13H2,1H3,(H,24,25)(H,26,27)/b11-6+. The fraction of sp³-hybridized carbons (Fsp3) is 0.182. The first-order valence-corrected chi connectivity index (χ1v) is 8.91. The van der Waals surface area contributed by atoms with Gasteiger partial charge in [0.1, 0.15) is 12.4 Å². The lowest BCUT2D eigenvalue weighted by Gasteiger charge is -2.07. The Morgan fingerprint density at radius 2 is 1.60 bits per heavy atom. The number of aliphatic carboxylic acids is 2. The maximum Gasteiger partial charge on any atom is 0.341 e. The van der Waals surface area contributed by atoms with Crippen LogP contribution in [0, 0.1) is 5.92 Å². The van der Waals surface area contributed by atoms with Gasteiger partial charge in [0.05, 0.1) is 0 Å². The molecular weight excluding hydrogens is 392 g/mol. The Bertz CT molecular complexity index is 942. The highest BCUT2D eigenvalue weighted by atomic mass is 16.5. The highest BCUT2D eigenvalue weighted by Gasteiger charge is 2.21. The van der Waals surface area contributed by atoms with E-state index in [1.54, 1.807) is 42.5 Å². The van der Waals surface area contributed by atoms with Crippen molar-refractivity contribution in [1.29, 1.82) is 0 Å². The predicted octanol–water partition coefficient (Wildman–Crippen LogP) is 2.81. The average molecular weight is 412 g/mol. The molecule has 8 nitrogen and oxygen atoms in total. The maximum absolute atomic E-state index is 12.2. The third kappa shape index (κ3) is 6.90. The zero-order valence-corrected chi connectivity index (χ0v) is 16.1. The minimum absolute atomic E-state index is 0.0460. The van der Waals surface area contributed by atoms with Crippen molar-refractivity contribution >= 4 is 29.8 Å². The van der Waals surface area contributed by atoms with Crippen LogP contribution in [0.2, 0.25) is 0 Å². The van der Waals surface area contributed by atoms with Gasteiger partial charge in [0, 0.05) is 5.56 Å². The highest BCUT2D eigenvalue weighted by molar-refractivity contribution is 6.06. The second-order valence-electron chi connectivity index (χ2n) is 6.31. The number of ketones is 1. The third-order valence-electron chi connectivity index (χ3n) is 4.01.